The summed E-state index contributed by atoms with van der Waals surface area (Å²) >= 11 is 0. The summed E-state index contributed by atoms with van der Waals surface area (Å²) in [7, 11) is 0. The Bertz CT molecular complexity index is 405. The zero-order valence-electron chi connectivity index (χ0n) is 9.53. The van der Waals surface area contributed by atoms with Gasteiger partial charge in [0.25, 0.3) is 0 Å². The second-order valence-electron chi connectivity index (χ2n) is 3.54. The molecule has 0 saturated carbocycles. The second-order valence-corrected chi connectivity index (χ2v) is 3.54. The number of aldehydes is 1. The maximum Gasteiger partial charge on any atom is 0.150 e. The number of carbonyl (C=O) groups is 1. The van der Waals surface area contributed by atoms with Crippen LogP contribution in [-0.4, -0.2) is 12.9 Å². The zero-order chi connectivity index (χ0) is 12.0. The average molecular weight is 216 g/mol. The molecule has 0 fully saturated rings. The summed E-state index contributed by atoms with van der Waals surface area (Å²) in [6, 6.07) is 3.65. The molecule has 0 aromatic heterocycles. The molecule has 1 rings (SSSR count). The van der Waals surface area contributed by atoms with E-state index in [-0.39, 0.29) is 0 Å². The Balaban J connectivity index is 3.15. The Morgan fingerprint density at radius 3 is 2.62 bits per heavy atom. The molecule has 0 heterocycles. The first-order valence-electron chi connectivity index (χ1n) is 5.16. The number of allylic oxidation sites excluding steroid dienone is 1. The van der Waals surface area contributed by atoms with E-state index in [2.05, 4.69) is 13.2 Å². The van der Waals surface area contributed by atoms with Gasteiger partial charge in [-0.15, -0.1) is 6.58 Å². The molecule has 0 aliphatic rings. The summed E-state index contributed by atoms with van der Waals surface area (Å²) in [5.41, 5.74) is 2.61. The molecule has 1 aromatic rings. The van der Waals surface area contributed by atoms with Crippen LogP contribution < -0.4 is 4.74 Å². The number of rotatable bonds is 6. The third-order valence-electron chi connectivity index (χ3n) is 2.22. The number of ether oxygens (including phenoxy) is 1. The SMILES string of the molecule is C=CCOc1c(C)cc(C=O)cc1CC=C. The molecule has 16 heavy (non-hydrogen) atoms. The van der Waals surface area contributed by atoms with E-state index in [9.17, 15) is 4.79 Å². The van der Waals surface area contributed by atoms with Crippen molar-refractivity contribution in [3.63, 3.8) is 0 Å². The summed E-state index contributed by atoms with van der Waals surface area (Å²) < 4.78 is 5.59. The normalized spacial score (nSPS) is 9.56. The first-order valence-corrected chi connectivity index (χ1v) is 5.16. The van der Waals surface area contributed by atoms with Crippen molar-refractivity contribution in [3.05, 3.63) is 54.1 Å². The molecule has 0 amide bonds. The first kappa shape index (κ1) is 12.2. The van der Waals surface area contributed by atoms with E-state index in [1.807, 2.05) is 19.1 Å². The van der Waals surface area contributed by atoms with E-state index in [1.165, 1.54) is 0 Å². The molecule has 1 aromatic carbocycles. The second kappa shape index (κ2) is 5.91. The van der Waals surface area contributed by atoms with Crippen molar-refractivity contribution in [2.24, 2.45) is 0 Å². The summed E-state index contributed by atoms with van der Waals surface area (Å²) in [5.74, 6) is 0.824. The molecular formula is C14H16O2. The summed E-state index contributed by atoms with van der Waals surface area (Å²) in [4.78, 5) is 10.8. The Hall–Kier alpha value is -1.83. The van der Waals surface area contributed by atoms with Crippen LogP contribution in [0.2, 0.25) is 0 Å². The maximum atomic E-state index is 10.8. The maximum absolute atomic E-state index is 10.8. The lowest BCUT2D eigenvalue weighted by atomic mass is 10.0. The van der Waals surface area contributed by atoms with Gasteiger partial charge in [0.2, 0.25) is 0 Å². The minimum absolute atomic E-state index is 0.464. The highest BCUT2D eigenvalue weighted by atomic mass is 16.5. The minimum Gasteiger partial charge on any atom is -0.489 e. The van der Waals surface area contributed by atoms with E-state index in [0.717, 1.165) is 23.2 Å². The van der Waals surface area contributed by atoms with Gasteiger partial charge in [-0.3, -0.25) is 4.79 Å². The van der Waals surface area contributed by atoms with Crippen LogP contribution in [-0.2, 0) is 6.42 Å². The molecule has 0 saturated heterocycles. The third-order valence-corrected chi connectivity index (χ3v) is 2.22. The molecule has 0 bridgehead atoms. The van der Waals surface area contributed by atoms with Crippen LogP contribution in [0.15, 0.2) is 37.4 Å². The van der Waals surface area contributed by atoms with Crippen LogP contribution >= 0.6 is 0 Å². The van der Waals surface area contributed by atoms with Crippen LogP contribution in [0.25, 0.3) is 0 Å². The number of benzene rings is 1. The van der Waals surface area contributed by atoms with E-state index in [1.54, 1.807) is 12.2 Å². The average Bonchev–Trinajstić information content (AvgIpc) is 2.28. The van der Waals surface area contributed by atoms with Crippen LogP contribution in [0.4, 0.5) is 0 Å². The first-order chi connectivity index (χ1) is 7.72. The van der Waals surface area contributed by atoms with Gasteiger partial charge in [0.15, 0.2) is 0 Å². The van der Waals surface area contributed by atoms with Gasteiger partial charge in [-0.05, 0) is 36.6 Å². The van der Waals surface area contributed by atoms with Crippen molar-refractivity contribution in [2.75, 3.05) is 6.61 Å². The zero-order valence-corrected chi connectivity index (χ0v) is 9.53. The van der Waals surface area contributed by atoms with E-state index in [4.69, 9.17) is 4.74 Å². The van der Waals surface area contributed by atoms with Gasteiger partial charge in [0.05, 0.1) is 0 Å². The molecule has 2 heteroatoms. The standard InChI is InChI=1S/C14H16O2/c1-4-6-13-9-12(10-15)8-11(3)14(13)16-7-5-2/h4-5,8-10H,1-2,6-7H2,3H3. The molecular weight excluding hydrogens is 200 g/mol. The lowest BCUT2D eigenvalue weighted by molar-refractivity contribution is 0.112. The molecule has 0 unspecified atom stereocenters. The molecule has 0 atom stereocenters. The highest BCUT2D eigenvalue weighted by molar-refractivity contribution is 5.76. The van der Waals surface area contributed by atoms with Gasteiger partial charge in [-0.25, -0.2) is 0 Å². The summed E-state index contributed by atoms with van der Waals surface area (Å²) in [6.45, 7) is 9.70. The molecule has 0 radical (unpaired) electrons. The quantitative estimate of drug-likeness (QED) is 0.539. The molecule has 0 aliphatic carbocycles. The van der Waals surface area contributed by atoms with Gasteiger partial charge >= 0.3 is 0 Å². The van der Waals surface area contributed by atoms with Gasteiger partial charge in [-0.2, -0.15) is 0 Å². The number of hydrogen-bond acceptors (Lipinski definition) is 2. The van der Waals surface area contributed by atoms with E-state index in [0.29, 0.717) is 18.6 Å². The number of hydrogen-bond donors (Lipinski definition) is 0. The van der Waals surface area contributed by atoms with Crippen molar-refractivity contribution >= 4 is 6.29 Å². The molecule has 84 valence electrons. The Morgan fingerprint density at radius 1 is 1.31 bits per heavy atom. The highest BCUT2D eigenvalue weighted by Crippen LogP contribution is 2.25. The molecule has 0 aliphatic heterocycles. The Labute approximate surface area is 96.2 Å². The number of aryl methyl sites for hydroxylation is 1. The van der Waals surface area contributed by atoms with E-state index < -0.39 is 0 Å². The van der Waals surface area contributed by atoms with Crippen molar-refractivity contribution < 1.29 is 9.53 Å². The van der Waals surface area contributed by atoms with Crippen LogP contribution in [0.1, 0.15) is 21.5 Å². The fourth-order valence-electron chi connectivity index (χ4n) is 1.60. The largest absolute Gasteiger partial charge is 0.489 e. The number of carbonyl (C=O) groups excluding carboxylic acids is 1. The van der Waals surface area contributed by atoms with Crippen molar-refractivity contribution in [1.82, 2.24) is 0 Å². The minimum atomic E-state index is 0.464. The fourth-order valence-corrected chi connectivity index (χ4v) is 1.60. The summed E-state index contributed by atoms with van der Waals surface area (Å²) in [6.07, 6.45) is 5.03. The predicted molar refractivity (Wildman–Crippen MR) is 66.2 cm³/mol. The van der Waals surface area contributed by atoms with Crippen LogP contribution in [0, 0.1) is 6.92 Å². The van der Waals surface area contributed by atoms with Gasteiger partial charge in [0, 0.05) is 5.56 Å². The smallest absolute Gasteiger partial charge is 0.150 e. The van der Waals surface area contributed by atoms with E-state index >= 15 is 0 Å². The highest BCUT2D eigenvalue weighted by Gasteiger charge is 2.08. The predicted octanol–water partition coefficient (Wildman–Crippen LogP) is 3.10. The third kappa shape index (κ3) is 2.83. The van der Waals surface area contributed by atoms with Gasteiger partial charge < -0.3 is 4.74 Å². The molecule has 2 nitrogen and oxygen atoms in total. The van der Waals surface area contributed by atoms with Crippen molar-refractivity contribution in [1.29, 1.82) is 0 Å². The summed E-state index contributed by atoms with van der Waals surface area (Å²) in [5, 5.41) is 0. The Morgan fingerprint density at radius 2 is 2.06 bits per heavy atom. The van der Waals surface area contributed by atoms with Gasteiger partial charge in [0.1, 0.15) is 18.6 Å². The van der Waals surface area contributed by atoms with Crippen molar-refractivity contribution in [3.8, 4) is 5.75 Å². The van der Waals surface area contributed by atoms with Gasteiger partial charge in [-0.1, -0.05) is 18.7 Å². The fraction of sp³-hybridized carbons (Fsp3) is 0.214. The topological polar surface area (TPSA) is 26.3 Å². The molecule has 0 N–H and O–H groups in total. The van der Waals surface area contributed by atoms with Crippen molar-refractivity contribution in [2.45, 2.75) is 13.3 Å². The van der Waals surface area contributed by atoms with Crippen LogP contribution in [0.3, 0.4) is 0 Å². The lowest BCUT2D eigenvalue weighted by Crippen LogP contribution is -2.01. The lowest BCUT2D eigenvalue weighted by Gasteiger charge is -2.12. The monoisotopic (exact) mass is 216 g/mol. The Kier molecular flexibility index (Phi) is 4.52. The molecule has 0 spiro atoms. The van der Waals surface area contributed by atoms with Crippen LogP contribution in [0.5, 0.6) is 5.75 Å².